The van der Waals surface area contributed by atoms with Gasteiger partial charge >= 0.3 is 0 Å². The summed E-state index contributed by atoms with van der Waals surface area (Å²) in [4.78, 5) is 2.12. The molecular formula is C11H16N2S. The zero-order valence-corrected chi connectivity index (χ0v) is 9.55. The average molecular weight is 208 g/mol. The monoisotopic (exact) mass is 208 g/mol. The fraction of sp³-hybridized carbons (Fsp3) is 0.545. The Balaban J connectivity index is 2.59. The van der Waals surface area contributed by atoms with Gasteiger partial charge in [0.05, 0.1) is 6.07 Å². The van der Waals surface area contributed by atoms with E-state index in [9.17, 15) is 0 Å². The SMILES string of the molecule is CCCCN(C)C(C#N)c1ccsc1. The summed E-state index contributed by atoms with van der Waals surface area (Å²) in [5.74, 6) is 0. The van der Waals surface area contributed by atoms with Gasteiger partial charge in [0.1, 0.15) is 6.04 Å². The van der Waals surface area contributed by atoms with Crippen molar-refractivity contribution < 1.29 is 0 Å². The van der Waals surface area contributed by atoms with Crippen LogP contribution in [0, 0.1) is 11.3 Å². The molecule has 1 aromatic rings. The third kappa shape index (κ3) is 2.83. The zero-order chi connectivity index (χ0) is 10.4. The third-order valence-corrected chi connectivity index (χ3v) is 2.99. The number of thiophene rings is 1. The van der Waals surface area contributed by atoms with E-state index in [-0.39, 0.29) is 6.04 Å². The van der Waals surface area contributed by atoms with Crippen LogP contribution in [0.25, 0.3) is 0 Å². The molecule has 0 bridgehead atoms. The number of nitriles is 1. The van der Waals surface area contributed by atoms with Crippen molar-refractivity contribution in [3.63, 3.8) is 0 Å². The molecule has 14 heavy (non-hydrogen) atoms. The Kier molecular flexibility index (Phi) is 4.64. The van der Waals surface area contributed by atoms with E-state index < -0.39 is 0 Å². The molecule has 0 radical (unpaired) electrons. The highest BCUT2D eigenvalue weighted by atomic mass is 32.1. The summed E-state index contributed by atoms with van der Waals surface area (Å²) in [6.45, 7) is 3.16. The van der Waals surface area contributed by atoms with E-state index >= 15 is 0 Å². The molecule has 1 heterocycles. The minimum atomic E-state index is -0.0761. The quantitative estimate of drug-likeness (QED) is 0.743. The molecule has 0 spiro atoms. The number of nitrogens with zero attached hydrogens (tertiary/aromatic N) is 2. The maximum Gasteiger partial charge on any atom is 0.124 e. The molecular weight excluding hydrogens is 192 g/mol. The van der Waals surface area contributed by atoms with E-state index in [1.807, 2.05) is 18.5 Å². The van der Waals surface area contributed by atoms with E-state index in [0.717, 1.165) is 18.5 Å². The Morgan fingerprint density at radius 1 is 1.64 bits per heavy atom. The average Bonchev–Trinajstić information content (AvgIpc) is 2.69. The van der Waals surface area contributed by atoms with Crippen LogP contribution in [0.5, 0.6) is 0 Å². The number of unbranched alkanes of at least 4 members (excludes halogenated alkanes) is 1. The molecule has 1 rings (SSSR count). The topological polar surface area (TPSA) is 27.0 Å². The van der Waals surface area contributed by atoms with Crippen LogP contribution in [0.15, 0.2) is 16.8 Å². The van der Waals surface area contributed by atoms with Crippen molar-refractivity contribution in [3.8, 4) is 6.07 Å². The van der Waals surface area contributed by atoms with E-state index in [1.165, 1.54) is 6.42 Å². The summed E-state index contributed by atoms with van der Waals surface area (Å²) in [7, 11) is 2.02. The van der Waals surface area contributed by atoms with Gasteiger partial charge in [0.15, 0.2) is 0 Å². The predicted molar refractivity (Wildman–Crippen MR) is 60.2 cm³/mol. The fourth-order valence-corrected chi connectivity index (χ4v) is 2.07. The molecule has 3 heteroatoms. The maximum absolute atomic E-state index is 9.08. The summed E-state index contributed by atoms with van der Waals surface area (Å²) < 4.78 is 0. The molecule has 0 saturated heterocycles. The summed E-state index contributed by atoms with van der Waals surface area (Å²) in [5, 5.41) is 13.2. The molecule has 0 aromatic carbocycles. The third-order valence-electron chi connectivity index (χ3n) is 2.29. The first-order valence-electron chi connectivity index (χ1n) is 4.91. The predicted octanol–water partition coefficient (Wildman–Crippen LogP) is 3.04. The van der Waals surface area contributed by atoms with Crippen LogP contribution in [0.4, 0.5) is 0 Å². The Morgan fingerprint density at radius 2 is 2.43 bits per heavy atom. The van der Waals surface area contributed by atoms with Gasteiger partial charge in [0.25, 0.3) is 0 Å². The minimum absolute atomic E-state index is 0.0761. The van der Waals surface area contributed by atoms with Gasteiger partial charge in [-0.2, -0.15) is 16.6 Å². The van der Waals surface area contributed by atoms with Gasteiger partial charge in [0, 0.05) is 0 Å². The Hall–Kier alpha value is -0.850. The smallest absolute Gasteiger partial charge is 0.124 e. The summed E-state index contributed by atoms with van der Waals surface area (Å²) in [6, 6.07) is 4.30. The first kappa shape index (κ1) is 11.2. The molecule has 0 amide bonds. The zero-order valence-electron chi connectivity index (χ0n) is 8.73. The van der Waals surface area contributed by atoms with Crippen LogP contribution in [0.2, 0.25) is 0 Å². The van der Waals surface area contributed by atoms with Crippen molar-refractivity contribution in [2.75, 3.05) is 13.6 Å². The second-order valence-corrected chi connectivity index (χ2v) is 4.20. The Morgan fingerprint density at radius 3 is 2.93 bits per heavy atom. The van der Waals surface area contributed by atoms with Gasteiger partial charge in [-0.3, -0.25) is 4.90 Å². The molecule has 0 aliphatic heterocycles. The van der Waals surface area contributed by atoms with Gasteiger partial charge in [-0.05, 0) is 42.4 Å². The van der Waals surface area contributed by atoms with Crippen molar-refractivity contribution in [2.24, 2.45) is 0 Å². The van der Waals surface area contributed by atoms with Crippen LogP contribution in [-0.4, -0.2) is 18.5 Å². The molecule has 0 saturated carbocycles. The minimum Gasteiger partial charge on any atom is -0.287 e. The lowest BCUT2D eigenvalue weighted by Crippen LogP contribution is -2.24. The number of hydrogen-bond donors (Lipinski definition) is 0. The molecule has 1 unspecified atom stereocenters. The highest BCUT2D eigenvalue weighted by Crippen LogP contribution is 2.21. The standard InChI is InChI=1S/C11H16N2S/c1-3-4-6-13(2)11(8-12)10-5-7-14-9-10/h5,7,9,11H,3-4,6H2,1-2H3. The first-order chi connectivity index (χ1) is 6.79. The molecule has 1 atom stereocenters. The van der Waals surface area contributed by atoms with Crippen LogP contribution >= 0.6 is 11.3 Å². The van der Waals surface area contributed by atoms with Crippen molar-refractivity contribution in [2.45, 2.75) is 25.8 Å². The van der Waals surface area contributed by atoms with Gasteiger partial charge in [0.2, 0.25) is 0 Å². The summed E-state index contributed by atoms with van der Waals surface area (Å²) in [6.07, 6.45) is 2.32. The lowest BCUT2D eigenvalue weighted by molar-refractivity contribution is 0.287. The maximum atomic E-state index is 9.08. The number of hydrogen-bond acceptors (Lipinski definition) is 3. The van der Waals surface area contributed by atoms with Gasteiger partial charge in [-0.15, -0.1) is 0 Å². The molecule has 0 fully saturated rings. The van der Waals surface area contributed by atoms with Crippen LogP contribution in [0.1, 0.15) is 31.4 Å². The Labute approximate surface area is 89.8 Å². The second-order valence-electron chi connectivity index (χ2n) is 3.42. The molecule has 0 N–H and O–H groups in total. The first-order valence-corrected chi connectivity index (χ1v) is 5.85. The lowest BCUT2D eigenvalue weighted by Gasteiger charge is -2.21. The van der Waals surface area contributed by atoms with E-state index in [1.54, 1.807) is 11.3 Å². The van der Waals surface area contributed by atoms with E-state index in [2.05, 4.69) is 23.3 Å². The Bertz CT molecular complexity index is 287. The van der Waals surface area contributed by atoms with Gasteiger partial charge in [-0.1, -0.05) is 13.3 Å². The highest BCUT2D eigenvalue weighted by molar-refractivity contribution is 7.07. The van der Waals surface area contributed by atoms with E-state index in [4.69, 9.17) is 5.26 Å². The fourth-order valence-electron chi connectivity index (χ4n) is 1.39. The molecule has 0 aliphatic rings. The van der Waals surface area contributed by atoms with Gasteiger partial charge < -0.3 is 0 Å². The van der Waals surface area contributed by atoms with Crippen LogP contribution in [0.3, 0.4) is 0 Å². The number of rotatable bonds is 5. The van der Waals surface area contributed by atoms with Crippen molar-refractivity contribution in [3.05, 3.63) is 22.4 Å². The normalized spacial score (nSPS) is 12.7. The van der Waals surface area contributed by atoms with Crippen LogP contribution in [-0.2, 0) is 0 Å². The van der Waals surface area contributed by atoms with Crippen molar-refractivity contribution in [1.82, 2.24) is 4.90 Å². The van der Waals surface area contributed by atoms with Gasteiger partial charge in [-0.25, -0.2) is 0 Å². The largest absolute Gasteiger partial charge is 0.287 e. The van der Waals surface area contributed by atoms with Crippen molar-refractivity contribution >= 4 is 11.3 Å². The molecule has 2 nitrogen and oxygen atoms in total. The van der Waals surface area contributed by atoms with Crippen LogP contribution < -0.4 is 0 Å². The summed E-state index contributed by atoms with van der Waals surface area (Å²) >= 11 is 1.65. The molecule has 1 aromatic heterocycles. The second kappa shape index (κ2) is 5.79. The molecule has 76 valence electrons. The lowest BCUT2D eigenvalue weighted by atomic mass is 10.1. The highest BCUT2D eigenvalue weighted by Gasteiger charge is 2.15. The van der Waals surface area contributed by atoms with E-state index in [0.29, 0.717) is 0 Å². The molecule has 0 aliphatic carbocycles. The van der Waals surface area contributed by atoms with Crippen molar-refractivity contribution in [1.29, 1.82) is 5.26 Å². The summed E-state index contributed by atoms with van der Waals surface area (Å²) in [5.41, 5.74) is 1.12.